The van der Waals surface area contributed by atoms with Gasteiger partial charge in [0, 0.05) is 22.2 Å². The molecule has 3 aromatic carbocycles. The number of amides is 1. The number of nitro benzene ring substituents is 1. The van der Waals surface area contributed by atoms with E-state index in [1.807, 2.05) is 63.2 Å². The highest BCUT2D eigenvalue weighted by molar-refractivity contribution is 7.99. The summed E-state index contributed by atoms with van der Waals surface area (Å²) in [6.07, 6.45) is 1.39. The van der Waals surface area contributed by atoms with Crippen molar-refractivity contribution in [2.45, 2.75) is 30.6 Å². The van der Waals surface area contributed by atoms with Gasteiger partial charge in [-0.05, 0) is 62.2 Å². The van der Waals surface area contributed by atoms with E-state index < -0.39 is 4.92 Å². The van der Waals surface area contributed by atoms with Crippen LogP contribution in [0.3, 0.4) is 0 Å². The van der Waals surface area contributed by atoms with Gasteiger partial charge in [0.15, 0.2) is 0 Å². The zero-order valence-electron chi connectivity index (χ0n) is 18.1. The van der Waals surface area contributed by atoms with Crippen LogP contribution in [0.15, 0.2) is 75.6 Å². The molecule has 0 fully saturated rings. The van der Waals surface area contributed by atoms with Crippen molar-refractivity contribution in [2.24, 2.45) is 5.10 Å². The van der Waals surface area contributed by atoms with Crippen molar-refractivity contribution < 1.29 is 9.72 Å². The molecule has 0 bridgehead atoms. The number of hydrogen-bond donors (Lipinski definition) is 2. The first kappa shape index (κ1) is 23.0. The fraction of sp³-hybridized carbons (Fsp3) is 0.167. The van der Waals surface area contributed by atoms with Gasteiger partial charge in [-0.2, -0.15) is 5.10 Å². The Morgan fingerprint density at radius 2 is 1.78 bits per heavy atom. The Morgan fingerprint density at radius 1 is 1.03 bits per heavy atom. The summed E-state index contributed by atoms with van der Waals surface area (Å²) in [5, 5.41) is 18.5. The van der Waals surface area contributed by atoms with Crippen LogP contribution in [0, 0.1) is 30.9 Å². The molecule has 0 aromatic heterocycles. The van der Waals surface area contributed by atoms with Crippen LogP contribution in [0.1, 0.15) is 22.3 Å². The van der Waals surface area contributed by atoms with Gasteiger partial charge < -0.3 is 5.32 Å². The number of nitrogens with one attached hydrogen (secondary N) is 2. The fourth-order valence-electron chi connectivity index (χ4n) is 2.83. The molecule has 3 rings (SSSR count). The first-order chi connectivity index (χ1) is 15.3. The second-order valence-corrected chi connectivity index (χ2v) is 8.46. The number of rotatable bonds is 8. The summed E-state index contributed by atoms with van der Waals surface area (Å²) in [6, 6.07) is 18.5. The summed E-state index contributed by atoms with van der Waals surface area (Å²) < 4.78 is 0. The van der Waals surface area contributed by atoms with Crippen molar-refractivity contribution in [1.82, 2.24) is 5.43 Å². The lowest BCUT2D eigenvalue weighted by molar-refractivity contribution is -0.387. The minimum Gasteiger partial charge on any atom is -0.376 e. The second kappa shape index (κ2) is 10.6. The third-order valence-electron chi connectivity index (χ3n) is 4.79. The van der Waals surface area contributed by atoms with Crippen molar-refractivity contribution in [1.29, 1.82) is 0 Å². The summed E-state index contributed by atoms with van der Waals surface area (Å²) in [5.74, 6) is -0.319. The van der Waals surface area contributed by atoms with E-state index in [0.29, 0.717) is 10.5 Å². The highest BCUT2D eigenvalue weighted by atomic mass is 32.2. The van der Waals surface area contributed by atoms with Crippen molar-refractivity contribution >= 4 is 35.3 Å². The molecule has 8 heteroatoms. The van der Waals surface area contributed by atoms with E-state index in [1.54, 1.807) is 12.1 Å². The molecule has 0 unspecified atom stereocenters. The molecule has 0 aliphatic carbocycles. The summed E-state index contributed by atoms with van der Waals surface area (Å²) in [5.41, 5.74) is 7.24. The van der Waals surface area contributed by atoms with Crippen LogP contribution in [0.4, 0.5) is 11.4 Å². The molecular weight excluding hydrogens is 424 g/mol. The van der Waals surface area contributed by atoms with E-state index in [4.69, 9.17) is 0 Å². The highest BCUT2D eigenvalue weighted by Crippen LogP contribution is 2.35. The Balaban J connectivity index is 1.60. The molecule has 1 amide bonds. The lowest BCUT2D eigenvalue weighted by Crippen LogP contribution is -2.25. The maximum absolute atomic E-state index is 12.0. The van der Waals surface area contributed by atoms with Crippen LogP contribution in [0.2, 0.25) is 0 Å². The predicted molar refractivity (Wildman–Crippen MR) is 129 cm³/mol. The third kappa shape index (κ3) is 6.42. The predicted octanol–water partition coefficient (Wildman–Crippen LogP) is 5.23. The van der Waals surface area contributed by atoms with Crippen molar-refractivity contribution in [3.8, 4) is 0 Å². The van der Waals surface area contributed by atoms with Crippen LogP contribution in [0.5, 0.6) is 0 Å². The number of nitrogens with zero attached hydrogens (tertiary/aromatic N) is 2. The van der Waals surface area contributed by atoms with Gasteiger partial charge in [0.05, 0.1) is 22.6 Å². The van der Waals surface area contributed by atoms with Crippen molar-refractivity contribution in [3.63, 3.8) is 0 Å². The van der Waals surface area contributed by atoms with E-state index in [1.165, 1.54) is 29.6 Å². The lowest BCUT2D eigenvalue weighted by atomic mass is 10.1. The third-order valence-corrected chi connectivity index (χ3v) is 5.86. The quantitative estimate of drug-likeness (QED) is 0.279. The molecule has 164 valence electrons. The topological polar surface area (TPSA) is 96.6 Å². The summed E-state index contributed by atoms with van der Waals surface area (Å²) in [4.78, 5) is 24.6. The number of carbonyl (C=O) groups excluding carboxylic acids is 1. The molecule has 0 radical (unpaired) electrons. The molecule has 0 saturated heterocycles. The zero-order valence-corrected chi connectivity index (χ0v) is 18.9. The molecule has 3 aromatic rings. The standard InChI is InChI=1S/C24H24N4O3S/c1-16-4-9-21(10-5-16)32-23-11-7-19(13-22(23)28(30)31)14-26-27-24(29)15-25-20-8-6-17(2)18(3)12-20/h4-14,25H,15H2,1-3H3,(H,27,29)/b26-14+. The van der Waals surface area contributed by atoms with Gasteiger partial charge in [-0.25, -0.2) is 5.43 Å². The van der Waals surface area contributed by atoms with Gasteiger partial charge in [0.25, 0.3) is 11.6 Å². The zero-order chi connectivity index (χ0) is 23.1. The van der Waals surface area contributed by atoms with Gasteiger partial charge in [-0.1, -0.05) is 41.6 Å². The average Bonchev–Trinajstić information content (AvgIpc) is 2.77. The molecule has 0 aliphatic rings. The number of hydrazone groups is 1. The van der Waals surface area contributed by atoms with E-state index in [2.05, 4.69) is 15.8 Å². The smallest absolute Gasteiger partial charge is 0.283 e. The van der Waals surface area contributed by atoms with Crippen molar-refractivity contribution in [3.05, 3.63) is 93.0 Å². The number of carbonyl (C=O) groups is 1. The summed E-state index contributed by atoms with van der Waals surface area (Å²) in [7, 11) is 0. The van der Waals surface area contributed by atoms with Crippen LogP contribution < -0.4 is 10.7 Å². The molecule has 32 heavy (non-hydrogen) atoms. The minimum absolute atomic E-state index is 0.0118. The molecule has 0 atom stereocenters. The van der Waals surface area contributed by atoms with Gasteiger partial charge in [-0.3, -0.25) is 14.9 Å². The lowest BCUT2D eigenvalue weighted by Gasteiger charge is -2.07. The average molecular weight is 449 g/mol. The van der Waals surface area contributed by atoms with Gasteiger partial charge in [-0.15, -0.1) is 0 Å². The van der Waals surface area contributed by atoms with Crippen LogP contribution in [-0.2, 0) is 4.79 Å². The highest BCUT2D eigenvalue weighted by Gasteiger charge is 2.15. The Labute approximate surface area is 191 Å². The Morgan fingerprint density at radius 3 is 2.47 bits per heavy atom. The SMILES string of the molecule is Cc1ccc(Sc2ccc(/C=N/NC(=O)CNc3ccc(C)c(C)c3)cc2[N+](=O)[O-])cc1. The monoisotopic (exact) mass is 448 g/mol. The number of anilines is 1. The maximum atomic E-state index is 12.0. The minimum atomic E-state index is -0.417. The number of aryl methyl sites for hydroxylation is 3. The number of hydrogen-bond acceptors (Lipinski definition) is 6. The van der Waals surface area contributed by atoms with E-state index >= 15 is 0 Å². The molecule has 0 spiro atoms. The summed E-state index contributed by atoms with van der Waals surface area (Å²) in [6.45, 7) is 6.09. The first-order valence-corrected chi connectivity index (χ1v) is 10.8. The molecule has 2 N–H and O–H groups in total. The van der Waals surface area contributed by atoms with Crippen LogP contribution in [-0.4, -0.2) is 23.6 Å². The number of nitro groups is 1. The Hall–Kier alpha value is -3.65. The molecule has 0 saturated carbocycles. The van der Waals surface area contributed by atoms with Gasteiger partial charge in [0.1, 0.15) is 0 Å². The fourth-order valence-corrected chi connectivity index (χ4v) is 3.73. The number of benzene rings is 3. The van der Waals surface area contributed by atoms with E-state index in [9.17, 15) is 14.9 Å². The molecule has 7 nitrogen and oxygen atoms in total. The summed E-state index contributed by atoms with van der Waals surface area (Å²) >= 11 is 1.33. The Bertz CT molecular complexity index is 1160. The second-order valence-electron chi connectivity index (χ2n) is 7.35. The largest absolute Gasteiger partial charge is 0.376 e. The molecular formula is C24H24N4O3S. The maximum Gasteiger partial charge on any atom is 0.283 e. The first-order valence-electron chi connectivity index (χ1n) is 9.98. The van der Waals surface area contributed by atoms with E-state index in [0.717, 1.165) is 21.7 Å². The van der Waals surface area contributed by atoms with Crippen LogP contribution >= 0.6 is 11.8 Å². The van der Waals surface area contributed by atoms with Crippen LogP contribution in [0.25, 0.3) is 0 Å². The van der Waals surface area contributed by atoms with E-state index in [-0.39, 0.29) is 18.1 Å². The van der Waals surface area contributed by atoms with Gasteiger partial charge in [0.2, 0.25) is 0 Å². The molecule has 0 heterocycles. The van der Waals surface area contributed by atoms with Crippen molar-refractivity contribution in [2.75, 3.05) is 11.9 Å². The Kier molecular flexibility index (Phi) is 7.62. The van der Waals surface area contributed by atoms with Gasteiger partial charge >= 0.3 is 0 Å². The molecule has 0 aliphatic heterocycles. The normalized spacial score (nSPS) is 10.8.